The van der Waals surface area contributed by atoms with Crippen LogP contribution in [-0.4, -0.2) is 43.8 Å². The molecule has 1 aliphatic heterocycles. The molecule has 1 atom stereocenters. The van der Waals surface area contributed by atoms with Crippen LogP contribution >= 0.6 is 11.9 Å². The van der Waals surface area contributed by atoms with Crippen molar-refractivity contribution in [1.29, 1.82) is 0 Å². The van der Waals surface area contributed by atoms with Gasteiger partial charge >= 0.3 is 0 Å². The molecule has 1 aliphatic rings. The fourth-order valence-corrected chi connectivity index (χ4v) is 4.01. The van der Waals surface area contributed by atoms with Crippen LogP contribution in [0.5, 0.6) is 0 Å². The summed E-state index contributed by atoms with van der Waals surface area (Å²) in [4.78, 5) is 4.49. The molecule has 2 aromatic carbocycles. The number of H-pyrrole nitrogens is 1. The third-order valence-corrected chi connectivity index (χ3v) is 5.58. The minimum atomic E-state index is -0.210. The zero-order chi connectivity index (χ0) is 17.2. The van der Waals surface area contributed by atoms with Gasteiger partial charge < -0.3 is 10.1 Å². The lowest BCUT2D eigenvalue weighted by Crippen LogP contribution is -2.14. The summed E-state index contributed by atoms with van der Waals surface area (Å²) in [5.74, 6) is 1.54. The van der Waals surface area contributed by atoms with Crippen LogP contribution in [-0.2, 0) is 0 Å². The van der Waals surface area contributed by atoms with Crippen LogP contribution in [0.3, 0.4) is 0 Å². The van der Waals surface area contributed by atoms with E-state index in [4.69, 9.17) is 0 Å². The van der Waals surface area contributed by atoms with Crippen molar-refractivity contribution in [3.63, 3.8) is 0 Å². The summed E-state index contributed by atoms with van der Waals surface area (Å²) in [5.41, 5.74) is 3.26. The molecule has 0 bridgehead atoms. The highest BCUT2D eigenvalue weighted by molar-refractivity contribution is 7.97. The number of hydrogen-bond donors (Lipinski definition) is 2. The van der Waals surface area contributed by atoms with Crippen LogP contribution in [0.25, 0.3) is 22.8 Å². The smallest absolute Gasteiger partial charge is 0.161 e. The van der Waals surface area contributed by atoms with Gasteiger partial charge in [-0.2, -0.15) is 0 Å². The molecule has 0 spiro atoms. The van der Waals surface area contributed by atoms with Gasteiger partial charge in [0.1, 0.15) is 0 Å². The van der Waals surface area contributed by atoms with Gasteiger partial charge in [-0.25, -0.2) is 4.31 Å². The number of aliphatic hydroxyl groups is 1. The summed E-state index contributed by atoms with van der Waals surface area (Å²) < 4.78 is 2.21. The van der Waals surface area contributed by atoms with E-state index in [0.717, 1.165) is 42.3 Å². The number of aliphatic hydroxyl groups excluding tert-OH is 1. The molecule has 1 unspecified atom stereocenters. The molecule has 128 valence electrons. The zero-order valence-corrected chi connectivity index (χ0v) is 14.8. The van der Waals surface area contributed by atoms with Gasteiger partial charge in [0.05, 0.1) is 6.10 Å². The van der Waals surface area contributed by atoms with Crippen molar-refractivity contribution < 1.29 is 5.11 Å². The molecule has 4 rings (SSSR count). The topological polar surface area (TPSA) is 65.0 Å². The molecule has 0 saturated carbocycles. The minimum absolute atomic E-state index is 0.210. The predicted octanol–water partition coefficient (Wildman–Crippen LogP) is 3.52. The number of β-amino-alcohol motifs (C(OH)–C–C–N with tert-alkyl or cyclic N) is 1. The van der Waals surface area contributed by atoms with Gasteiger partial charge in [-0.05, 0) is 36.9 Å². The van der Waals surface area contributed by atoms with Gasteiger partial charge in [-0.3, -0.25) is 0 Å². The lowest BCUT2D eigenvalue weighted by Gasteiger charge is -2.15. The van der Waals surface area contributed by atoms with E-state index in [2.05, 4.69) is 44.6 Å². The molecule has 1 saturated heterocycles. The zero-order valence-electron chi connectivity index (χ0n) is 14.0. The maximum atomic E-state index is 9.71. The maximum absolute atomic E-state index is 9.71. The molecule has 0 radical (unpaired) electrons. The molecule has 2 N–H and O–H groups in total. The predicted molar refractivity (Wildman–Crippen MR) is 100 cm³/mol. The number of nitrogens with one attached hydrogen (secondary N) is 1. The average molecular weight is 352 g/mol. The second-order valence-corrected chi connectivity index (χ2v) is 7.43. The first-order valence-electron chi connectivity index (χ1n) is 8.39. The highest BCUT2D eigenvalue weighted by atomic mass is 32.2. The molecule has 0 aliphatic carbocycles. The molecule has 1 fully saturated rings. The Kier molecular flexibility index (Phi) is 4.57. The standard InChI is InChI=1S/C19H20N4OS/c1-13-7-8-15(11-17(13)25-23-10-9-16(24)12-23)19-20-18(21-22-19)14-5-3-2-4-6-14/h2-8,11,16,24H,9-10,12H2,1H3,(H,20,21,22). The van der Waals surface area contributed by atoms with Gasteiger partial charge in [0.2, 0.25) is 0 Å². The second kappa shape index (κ2) is 7.00. The number of hydrogen-bond acceptors (Lipinski definition) is 5. The van der Waals surface area contributed by atoms with Crippen molar-refractivity contribution in [2.24, 2.45) is 0 Å². The van der Waals surface area contributed by atoms with E-state index >= 15 is 0 Å². The van der Waals surface area contributed by atoms with E-state index in [1.165, 1.54) is 10.5 Å². The SMILES string of the molecule is Cc1ccc(-c2nnc(-c3ccccc3)[nH]2)cc1SN1CCC(O)C1. The van der Waals surface area contributed by atoms with Crippen LogP contribution in [0.15, 0.2) is 53.4 Å². The van der Waals surface area contributed by atoms with Crippen molar-refractivity contribution in [1.82, 2.24) is 19.5 Å². The molecule has 25 heavy (non-hydrogen) atoms. The molecular weight excluding hydrogens is 332 g/mol. The van der Waals surface area contributed by atoms with Gasteiger partial charge in [-0.1, -0.05) is 42.5 Å². The summed E-state index contributed by atoms with van der Waals surface area (Å²) in [6.07, 6.45) is 0.632. The van der Waals surface area contributed by atoms with Crippen molar-refractivity contribution in [2.45, 2.75) is 24.3 Å². The van der Waals surface area contributed by atoms with E-state index < -0.39 is 0 Å². The van der Waals surface area contributed by atoms with Crippen LogP contribution in [0, 0.1) is 6.92 Å². The summed E-state index contributed by atoms with van der Waals surface area (Å²) in [6, 6.07) is 16.3. The summed E-state index contributed by atoms with van der Waals surface area (Å²) in [5, 5.41) is 18.3. The third-order valence-electron chi connectivity index (χ3n) is 4.35. The van der Waals surface area contributed by atoms with Gasteiger partial charge in [0.15, 0.2) is 11.6 Å². The Morgan fingerprint density at radius 3 is 2.56 bits per heavy atom. The van der Waals surface area contributed by atoms with Crippen molar-refractivity contribution >= 4 is 11.9 Å². The lowest BCUT2D eigenvalue weighted by atomic mass is 10.1. The van der Waals surface area contributed by atoms with E-state index in [1.807, 2.05) is 30.3 Å². The first-order valence-corrected chi connectivity index (χ1v) is 9.16. The monoisotopic (exact) mass is 352 g/mol. The van der Waals surface area contributed by atoms with E-state index in [9.17, 15) is 5.11 Å². The quantitative estimate of drug-likeness (QED) is 0.703. The van der Waals surface area contributed by atoms with Crippen LogP contribution in [0.2, 0.25) is 0 Å². The first-order chi connectivity index (χ1) is 12.2. The first kappa shape index (κ1) is 16.3. The van der Waals surface area contributed by atoms with Crippen molar-refractivity contribution in [3.8, 4) is 22.8 Å². The van der Waals surface area contributed by atoms with Gasteiger partial charge in [0, 0.05) is 29.1 Å². The van der Waals surface area contributed by atoms with Crippen LogP contribution in [0.1, 0.15) is 12.0 Å². The van der Waals surface area contributed by atoms with E-state index in [1.54, 1.807) is 11.9 Å². The average Bonchev–Trinajstić information content (AvgIpc) is 3.27. The Labute approximate surface area is 151 Å². The molecular formula is C19H20N4OS. The van der Waals surface area contributed by atoms with E-state index in [0.29, 0.717) is 0 Å². The number of aromatic nitrogens is 3. The van der Waals surface area contributed by atoms with Crippen molar-refractivity contribution in [2.75, 3.05) is 13.1 Å². The lowest BCUT2D eigenvalue weighted by molar-refractivity contribution is 0.190. The summed E-state index contributed by atoms with van der Waals surface area (Å²) in [6.45, 7) is 3.74. The number of aromatic amines is 1. The van der Waals surface area contributed by atoms with Crippen LogP contribution in [0.4, 0.5) is 0 Å². The fraction of sp³-hybridized carbons (Fsp3) is 0.263. The molecule has 6 heteroatoms. The molecule has 5 nitrogen and oxygen atoms in total. The molecule has 3 aromatic rings. The number of nitrogens with zero attached hydrogens (tertiary/aromatic N) is 3. The summed E-state index contributed by atoms with van der Waals surface area (Å²) in [7, 11) is 0. The van der Waals surface area contributed by atoms with Crippen molar-refractivity contribution in [3.05, 3.63) is 54.1 Å². The largest absolute Gasteiger partial charge is 0.392 e. The fourth-order valence-electron chi connectivity index (χ4n) is 2.90. The third kappa shape index (κ3) is 3.61. The van der Waals surface area contributed by atoms with Gasteiger partial charge in [-0.15, -0.1) is 10.2 Å². The second-order valence-electron chi connectivity index (χ2n) is 6.29. The van der Waals surface area contributed by atoms with E-state index in [-0.39, 0.29) is 6.10 Å². The minimum Gasteiger partial charge on any atom is -0.392 e. The van der Waals surface area contributed by atoms with Crippen LogP contribution < -0.4 is 0 Å². The number of aryl methyl sites for hydroxylation is 1. The number of benzene rings is 2. The maximum Gasteiger partial charge on any atom is 0.161 e. The highest BCUT2D eigenvalue weighted by Gasteiger charge is 2.21. The molecule has 0 amide bonds. The molecule has 2 heterocycles. The number of rotatable bonds is 4. The normalized spacial score (nSPS) is 17.9. The Bertz CT molecular complexity index is 865. The van der Waals surface area contributed by atoms with Gasteiger partial charge in [0.25, 0.3) is 0 Å². The summed E-state index contributed by atoms with van der Waals surface area (Å²) >= 11 is 1.70. The Morgan fingerprint density at radius 2 is 1.84 bits per heavy atom. The highest BCUT2D eigenvalue weighted by Crippen LogP contribution is 2.32. The Morgan fingerprint density at radius 1 is 1.08 bits per heavy atom. The molecule has 1 aromatic heterocycles. The Balaban J connectivity index is 1.59. The Hall–Kier alpha value is -2.15.